The summed E-state index contributed by atoms with van der Waals surface area (Å²) in [6.45, 7) is 34.9. The number of allylic oxidation sites excluding steroid dienone is 4. The number of fused-ring (bicyclic) bond motifs is 1. The molecule has 270 valence electrons. The molecule has 0 bridgehead atoms. The minimum absolute atomic E-state index is 0.00953. The first kappa shape index (κ1) is 40.6. The van der Waals surface area contributed by atoms with Crippen LogP contribution in [0.5, 0.6) is 0 Å². The molecule has 0 aromatic heterocycles. The molecule has 0 amide bonds. The minimum Gasteiger partial charge on any atom is -0.413 e. The van der Waals surface area contributed by atoms with Gasteiger partial charge in [0.15, 0.2) is 16.6 Å². The molecule has 3 aliphatic rings. The molecule has 0 aromatic carbocycles. The van der Waals surface area contributed by atoms with E-state index in [1.165, 1.54) is 16.7 Å². The van der Waals surface area contributed by atoms with Crippen molar-refractivity contribution in [2.75, 3.05) is 13.9 Å². The zero-order valence-electron chi connectivity index (χ0n) is 32.9. The van der Waals surface area contributed by atoms with Gasteiger partial charge in [-0.15, -0.1) is 0 Å². The van der Waals surface area contributed by atoms with Crippen LogP contribution in [-0.2, 0) is 18.3 Å². The van der Waals surface area contributed by atoms with E-state index in [9.17, 15) is 5.11 Å². The van der Waals surface area contributed by atoms with Crippen LogP contribution in [0.15, 0.2) is 47.1 Å². The van der Waals surface area contributed by atoms with E-state index in [0.717, 1.165) is 63.4 Å². The maximum Gasteiger partial charge on any atom is 0.192 e. The number of hydrogen-bond acceptors (Lipinski definition) is 5. The highest BCUT2D eigenvalue weighted by Crippen LogP contribution is 2.57. The fourth-order valence-corrected chi connectivity index (χ4v) is 9.98. The number of rotatable bonds is 12. The summed E-state index contributed by atoms with van der Waals surface area (Å²) in [6, 6.07) is 0. The molecule has 1 N–H and O–H groups in total. The van der Waals surface area contributed by atoms with Crippen LogP contribution in [0.3, 0.4) is 0 Å². The Morgan fingerprint density at radius 1 is 0.936 bits per heavy atom. The Bertz CT molecular complexity index is 1180. The predicted octanol–water partition coefficient (Wildman–Crippen LogP) is 11.0. The summed E-state index contributed by atoms with van der Waals surface area (Å²) < 4.78 is 25.1. The summed E-state index contributed by atoms with van der Waals surface area (Å²) in [5.41, 5.74) is 4.93. The quantitative estimate of drug-likeness (QED) is 0.0957. The smallest absolute Gasteiger partial charge is 0.192 e. The zero-order valence-corrected chi connectivity index (χ0v) is 34.9. The molecular formula is C40H72O5Si2. The van der Waals surface area contributed by atoms with Crippen LogP contribution in [0.4, 0.5) is 0 Å². The summed E-state index contributed by atoms with van der Waals surface area (Å²) in [4.78, 5) is 0. The highest BCUT2D eigenvalue weighted by Gasteiger charge is 2.50. The first-order chi connectivity index (χ1) is 21.4. The summed E-state index contributed by atoms with van der Waals surface area (Å²) in [6.07, 6.45) is 15.7. The number of ether oxygens (including phenoxy) is 2. The molecular weight excluding hydrogens is 617 g/mol. The Morgan fingerprint density at radius 3 is 2.15 bits per heavy atom. The van der Waals surface area contributed by atoms with Crippen molar-refractivity contribution < 1.29 is 23.4 Å². The van der Waals surface area contributed by atoms with Gasteiger partial charge in [0.1, 0.15) is 6.79 Å². The third-order valence-corrected chi connectivity index (χ3v) is 21.5. The van der Waals surface area contributed by atoms with Crippen molar-refractivity contribution in [2.45, 2.75) is 180 Å². The fraction of sp³-hybridized carbons (Fsp3) is 0.800. The van der Waals surface area contributed by atoms with Crippen molar-refractivity contribution >= 4 is 16.6 Å². The molecule has 0 radical (unpaired) electrons. The van der Waals surface area contributed by atoms with E-state index in [0.29, 0.717) is 12.7 Å². The van der Waals surface area contributed by atoms with E-state index in [4.69, 9.17) is 18.3 Å². The number of aliphatic hydroxyl groups excluding tert-OH is 1. The lowest BCUT2D eigenvalue weighted by Crippen LogP contribution is -2.49. The van der Waals surface area contributed by atoms with Gasteiger partial charge in [0, 0.05) is 13.5 Å². The summed E-state index contributed by atoms with van der Waals surface area (Å²) in [5.74, 6) is 0.367. The highest BCUT2D eigenvalue weighted by molar-refractivity contribution is 6.74. The maximum atomic E-state index is 11.4. The van der Waals surface area contributed by atoms with Gasteiger partial charge in [-0.3, -0.25) is 0 Å². The van der Waals surface area contributed by atoms with Gasteiger partial charge in [0.05, 0.1) is 23.9 Å². The van der Waals surface area contributed by atoms with Gasteiger partial charge < -0.3 is 23.4 Å². The van der Waals surface area contributed by atoms with Crippen molar-refractivity contribution in [3.63, 3.8) is 0 Å². The van der Waals surface area contributed by atoms with E-state index in [1.807, 2.05) is 0 Å². The first-order valence-corrected chi connectivity index (χ1v) is 24.2. The van der Waals surface area contributed by atoms with E-state index in [2.05, 4.69) is 113 Å². The van der Waals surface area contributed by atoms with Crippen molar-refractivity contribution in [1.82, 2.24) is 0 Å². The molecule has 5 nitrogen and oxygen atoms in total. The van der Waals surface area contributed by atoms with Crippen molar-refractivity contribution in [2.24, 2.45) is 11.3 Å². The van der Waals surface area contributed by atoms with Crippen LogP contribution in [0, 0.1) is 11.3 Å². The third kappa shape index (κ3) is 9.92. The number of aliphatic hydroxyl groups is 1. The molecule has 3 aliphatic carbocycles. The Morgan fingerprint density at radius 2 is 1.55 bits per heavy atom. The maximum absolute atomic E-state index is 11.4. The normalized spacial score (nSPS) is 30.9. The molecule has 3 rings (SSSR count). The molecule has 0 saturated heterocycles. The van der Waals surface area contributed by atoms with Gasteiger partial charge in [-0.1, -0.05) is 78.8 Å². The standard InChI is InChI=1S/C40H72O5Si2/c1-29-31(25-32(44-46(12,13)37(2,3)4)26-36(29)45-47(14,15)38(5,6)7)22-21-30-19-18-24-40(10)33(35(41)27-34(30)40)20-16-17-23-39(8,9)43-28-42-11/h20-22,32,34-36,41H,1,16-19,23-28H2,2-15H3/b30-21+,31-22-,33-20+/t32-,34+,35-,36+,40-/m1/s1. The summed E-state index contributed by atoms with van der Waals surface area (Å²) >= 11 is 0. The first-order valence-electron chi connectivity index (χ1n) is 18.4. The molecule has 5 atom stereocenters. The molecule has 0 unspecified atom stereocenters. The number of methoxy groups -OCH3 is 1. The topological polar surface area (TPSA) is 57.2 Å². The van der Waals surface area contributed by atoms with Crippen LogP contribution in [0.1, 0.15) is 120 Å². The monoisotopic (exact) mass is 688 g/mol. The molecule has 7 heteroatoms. The minimum atomic E-state index is -2.01. The van der Waals surface area contributed by atoms with Gasteiger partial charge in [-0.25, -0.2) is 0 Å². The van der Waals surface area contributed by atoms with Crippen LogP contribution in [0.25, 0.3) is 0 Å². The molecule has 0 aliphatic heterocycles. The molecule has 0 aromatic rings. The largest absolute Gasteiger partial charge is 0.413 e. The predicted molar refractivity (Wildman–Crippen MR) is 204 cm³/mol. The van der Waals surface area contributed by atoms with E-state index in [-0.39, 0.29) is 39.4 Å². The van der Waals surface area contributed by atoms with E-state index in [1.54, 1.807) is 7.11 Å². The Labute approximate surface area is 291 Å². The average Bonchev–Trinajstić information content (AvgIpc) is 3.18. The van der Waals surface area contributed by atoms with Crippen LogP contribution in [-0.4, -0.2) is 59.6 Å². The van der Waals surface area contributed by atoms with Crippen molar-refractivity contribution in [1.29, 1.82) is 0 Å². The van der Waals surface area contributed by atoms with Crippen LogP contribution < -0.4 is 0 Å². The van der Waals surface area contributed by atoms with Gasteiger partial charge >= 0.3 is 0 Å². The number of unbranched alkanes of at least 4 members (excludes halogenated alkanes) is 1. The third-order valence-electron chi connectivity index (χ3n) is 12.5. The number of hydrogen-bond donors (Lipinski definition) is 1. The molecule has 3 saturated carbocycles. The van der Waals surface area contributed by atoms with Gasteiger partial charge in [0.25, 0.3) is 0 Å². The van der Waals surface area contributed by atoms with Crippen LogP contribution in [0.2, 0.25) is 36.3 Å². The Hall–Kier alpha value is -0.806. The van der Waals surface area contributed by atoms with Crippen molar-refractivity contribution in [3.05, 3.63) is 47.1 Å². The molecule has 0 spiro atoms. The van der Waals surface area contributed by atoms with Gasteiger partial charge in [-0.2, -0.15) is 0 Å². The lowest BCUT2D eigenvalue weighted by molar-refractivity contribution is -0.117. The average molecular weight is 689 g/mol. The second-order valence-electron chi connectivity index (χ2n) is 18.7. The Balaban J connectivity index is 1.86. The second kappa shape index (κ2) is 15.2. The molecule has 3 fully saturated rings. The highest BCUT2D eigenvalue weighted by atomic mass is 28.4. The zero-order chi connectivity index (χ0) is 35.6. The van der Waals surface area contributed by atoms with Crippen molar-refractivity contribution in [3.8, 4) is 0 Å². The lowest BCUT2D eigenvalue weighted by Gasteiger charge is -2.45. The molecule has 47 heavy (non-hydrogen) atoms. The SMILES string of the molecule is C=C1/C(=C\C=C2/CCC[C@]3(C)/C(=C/CCCC(C)(C)OCOC)[C@H](O)C[C@@H]23)C[C@@H](O[Si](C)(C)C(C)(C)C)C[C@@H]1O[Si](C)(C)C(C)(C)C. The lowest BCUT2D eigenvalue weighted by atomic mass is 9.65. The fourth-order valence-electron chi connectivity index (χ4n) is 7.32. The van der Waals surface area contributed by atoms with Gasteiger partial charge in [-0.05, 0) is 130 Å². The Kier molecular flexibility index (Phi) is 13.1. The summed E-state index contributed by atoms with van der Waals surface area (Å²) in [5, 5.41) is 11.6. The van der Waals surface area contributed by atoms with Crippen LogP contribution >= 0.6 is 0 Å². The van der Waals surface area contributed by atoms with Gasteiger partial charge in [0.2, 0.25) is 0 Å². The molecule has 0 heterocycles. The summed E-state index contributed by atoms with van der Waals surface area (Å²) in [7, 11) is -2.31. The second-order valence-corrected chi connectivity index (χ2v) is 28.2. The van der Waals surface area contributed by atoms with E-state index >= 15 is 0 Å². The van der Waals surface area contributed by atoms with E-state index < -0.39 is 16.6 Å².